The summed E-state index contributed by atoms with van der Waals surface area (Å²) in [6, 6.07) is 14.7. The molecule has 0 aliphatic carbocycles. The van der Waals surface area contributed by atoms with Crippen LogP contribution in [0, 0.1) is 0 Å². The van der Waals surface area contributed by atoms with Crippen LogP contribution < -0.4 is 0 Å². The van der Waals surface area contributed by atoms with Gasteiger partial charge in [-0.25, -0.2) is 0 Å². The number of hydrogen-bond donors (Lipinski definition) is 0. The van der Waals surface area contributed by atoms with E-state index in [1.807, 2.05) is 41.9 Å². The van der Waals surface area contributed by atoms with Crippen LogP contribution in [-0.2, 0) is 7.05 Å². The van der Waals surface area contributed by atoms with Crippen molar-refractivity contribution >= 4 is 40.7 Å². The SMILES string of the molecule is Cn1c(SCC(=O)c2ccc(Cl)c(Cl)c2)nnc1-c1ccccc1. The number of thioether (sulfide) groups is 1. The van der Waals surface area contributed by atoms with Crippen LogP contribution in [0.1, 0.15) is 10.4 Å². The van der Waals surface area contributed by atoms with Crippen molar-refractivity contribution in [2.75, 3.05) is 5.75 Å². The number of halogens is 2. The molecule has 0 aliphatic heterocycles. The number of nitrogens with zero attached hydrogens (tertiary/aromatic N) is 3. The maximum atomic E-state index is 12.3. The molecule has 7 heteroatoms. The summed E-state index contributed by atoms with van der Waals surface area (Å²) in [7, 11) is 1.88. The number of hydrogen-bond acceptors (Lipinski definition) is 4. The summed E-state index contributed by atoms with van der Waals surface area (Å²) in [5, 5.41) is 9.86. The lowest BCUT2D eigenvalue weighted by atomic mass is 10.1. The fraction of sp³-hybridized carbons (Fsp3) is 0.118. The van der Waals surface area contributed by atoms with Crippen molar-refractivity contribution in [3.63, 3.8) is 0 Å². The van der Waals surface area contributed by atoms with Gasteiger partial charge in [0.25, 0.3) is 0 Å². The van der Waals surface area contributed by atoms with Crippen LogP contribution in [0.25, 0.3) is 11.4 Å². The Labute approximate surface area is 153 Å². The van der Waals surface area contributed by atoms with E-state index >= 15 is 0 Å². The molecule has 0 atom stereocenters. The predicted molar refractivity (Wildman–Crippen MR) is 98.0 cm³/mol. The summed E-state index contributed by atoms with van der Waals surface area (Å²) in [5.74, 6) is 0.974. The Bertz CT molecular complexity index is 881. The zero-order chi connectivity index (χ0) is 17.1. The second-order valence-electron chi connectivity index (χ2n) is 5.07. The Hall–Kier alpha value is -1.82. The summed E-state index contributed by atoms with van der Waals surface area (Å²) >= 11 is 13.2. The number of carbonyl (C=O) groups excluding carboxylic acids is 1. The highest BCUT2D eigenvalue weighted by atomic mass is 35.5. The molecule has 4 nitrogen and oxygen atoms in total. The first kappa shape index (κ1) is 17.0. The summed E-state index contributed by atoms with van der Waals surface area (Å²) in [4.78, 5) is 12.3. The molecule has 3 aromatic rings. The van der Waals surface area contributed by atoms with Gasteiger partial charge in [-0.1, -0.05) is 65.3 Å². The predicted octanol–water partition coefficient (Wildman–Crippen LogP) is 4.76. The molecule has 0 saturated carbocycles. The van der Waals surface area contributed by atoms with E-state index in [4.69, 9.17) is 23.2 Å². The minimum atomic E-state index is -0.0390. The van der Waals surface area contributed by atoms with E-state index in [9.17, 15) is 4.79 Å². The second kappa shape index (κ2) is 7.38. The largest absolute Gasteiger partial charge is 0.305 e. The molecule has 122 valence electrons. The van der Waals surface area contributed by atoms with Crippen molar-refractivity contribution in [2.45, 2.75) is 5.16 Å². The highest BCUT2D eigenvalue weighted by Gasteiger charge is 2.14. The molecule has 0 radical (unpaired) electrons. The number of carbonyl (C=O) groups is 1. The summed E-state index contributed by atoms with van der Waals surface area (Å²) < 4.78 is 1.88. The normalized spacial score (nSPS) is 10.8. The van der Waals surface area contributed by atoms with Crippen molar-refractivity contribution in [1.82, 2.24) is 14.8 Å². The fourth-order valence-electron chi connectivity index (χ4n) is 2.16. The molecule has 0 unspecified atom stereocenters. The van der Waals surface area contributed by atoms with Gasteiger partial charge in [-0.3, -0.25) is 4.79 Å². The van der Waals surface area contributed by atoms with Gasteiger partial charge in [0, 0.05) is 18.2 Å². The molecule has 0 aliphatic rings. The first-order valence-electron chi connectivity index (χ1n) is 7.12. The zero-order valence-electron chi connectivity index (χ0n) is 12.7. The van der Waals surface area contributed by atoms with Gasteiger partial charge in [0.1, 0.15) is 0 Å². The van der Waals surface area contributed by atoms with Gasteiger partial charge in [-0.05, 0) is 18.2 Å². The smallest absolute Gasteiger partial charge is 0.191 e. The molecular formula is C17H13Cl2N3OS. The molecule has 3 rings (SSSR count). The lowest BCUT2D eigenvalue weighted by molar-refractivity contribution is 0.102. The molecule has 0 fully saturated rings. The number of rotatable bonds is 5. The lowest BCUT2D eigenvalue weighted by Gasteiger charge is -2.04. The van der Waals surface area contributed by atoms with Crippen LogP contribution in [0.3, 0.4) is 0 Å². The van der Waals surface area contributed by atoms with Crippen LogP contribution in [0.5, 0.6) is 0 Å². The molecule has 0 saturated heterocycles. The minimum Gasteiger partial charge on any atom is -0.305 e. The zero-order valence-corrected chi connectivity index (χ0v) is 15.1. The highest BCUT2D eigenvalue weighted by Crippen LogP contribution is 2.25. The molecule has 1 heterocycles. The van der Waals surface area contributed by atoms with Crippen molar-refractivity contribution in [2.24, 2.45) is 7.05 Å². The van der Waals surface area contributed by atoms with Crippen LogP contribution in [0.4, 0.5) is 0 Å². The third-order valence-electron chi connectivity index (χ3n) is 3.44. The first-order valence-corrected chi connectivity index (χ1v) is 8.86. The van der Waals surface area contributed by atoms with Gasteiger partial charge >= 0.3 is 0 Å². The second-order valence-corrected chi connectivity index (χ2v) is 6.83. The number of benzene rings is 2. The standard InChI is InChI=1S/C17H13Cl2N3OS/c1-22-16(11-5-3-2-4-6-11)20-21-17(22)24-10-15(23)12-7-8-13(18)14(19)9-12/h2-9H,10H2,1H3. The number of aromatic nitrogens is 3. The number of ketones is 1. The van der Waals surface area contributed by atoms with E-state index in [1.165, 1.54) is 11.8 Å². The summed E-state index contributed by atoms with van der Waals surface area (Å²) in [6.07, 6.45) is 0. The Morgan fingerprint density at radius 2 is 1.83 bits per heavy atom. The summed E-state index contributed by atoms with van der Waals surface area (Å²) in [5.41, 5.74) is 1.51. The molecule has 1 aromatic heterocycles. The molecular weight excluding hydrogens is 365 g/mol. The van der Waals surface area contributed by atoms with E-state index in [2.05, 4.69) is 10.2 Å². The topological polar surface area (TPSA) is 47.8 Å². The average molecular weight is 378 g/mol. The van der Waals surface area contributed by atoms with Crippen LogP contribution in [0.2, 0.25) is 10.0 Å². The fourth-order valence-corrected chi connectivity index (χ4v) is 3.27. The van der Waals surface area contributed by atoms with E-state index in [1.54, 1.807) is 18.2 Å². The van der Waals surface area contributed by atoms with Crippen molar-refractivity contribution in [3.05, 3.63) is 64.1 Å². The monoisotopic (exact) mass is 377 g/mol. The van der Waals surface area contributed by atoms with Crippen LogP contribution in [-0.4, -0.2) is 26.3 Å². The van der Waals surface area contributed by atoms with Gasteiger partial charge in [0.2, 0.25) is 0 Å². The van der Waals surface area contributed by atoms with Crippen molar-refractivity contribution in [1.29, 1.82) is 0 Å². The van der Waals surface area contributed by atoms with Gasteiger partial charge in [0.05, 0.1) is 15.8 Å². The van der Waals surface area contributed by atoms with E-state index in [-0.39, 0.29) is 11.5 Å². The molecule has 24 heavy (non-hydrogen) atoms. The van der Waals surface area contributed by atoms with E-state index < -0.39 is 0 Å². The average Bonchev–Trinajstić information content (AvgIpc) is 2.96. The maximum Gasteiger partial charge on any atom is 0.191 e. The van der Waals surface area contributed by atoms with Crippen molar-refractivity contribution in [3.8, 4) is 11.4 Å². The van der Waals surface area contributed by atoms with Crippen LogP contribution in [0.15, 0.2) is 53.7 Å². The molecule has 0 amide bonds. The molecule has 0 spiro atoms. The quantitative estimate of drug-likeness (QED) is 0.474. The van der Waals surface area contributed by atoms with E-state index in [0.717, 1.165) is 11.4 Å². The lowest BCUT2D eigenvalue weighted by Crippen LogP contribution is -2.04. The maximum absolute atomic E-state index is 12.3. The number of Topliss-reactive ketones (excluding diaryl/α,β-unsaturated/α-hetero) is 1. The van der Waals surface area contributed by atoms with Gasteiger partial charge in [-0.2, -0.15) is 0 Å². The minimum absolute atomic E-state index is 0.0390. The third-order valence-corrected chi connectivity index (χ3v) is 5.20. The molecule has 0 bridgehead atoms. The summed E-state index contributed by atoms with van der Waals surface area (Å²) in [6.45, 7) is 0. The first-order chi connectivity index (χ1) is 11.6. The Balaban J connectivity index is 1.72. The highest BCUT2D eigenvalue weighted by molar-refractivity contribution is 7.99. The van der Waals surface area contributed by atoms with E-state index in [0.29, 0.717) is 20.8 Å². The van der Waals surface area contributed by atoms with Gasteiger partial charge in [0.15, 0.2) is 16.8 Å². The Morgan fingerprint density at radius 3 is 2.54 bits per heavy atom. The Morgan fingerprint density at radius 1 is 1.08 bits per heavy atom. The third kappa shape index (κ3) is 3.64. The van der Waals surface area contributed by atoms with Gasteiger partial charge in [-0.15, -0.1) is 10.2 Å². The molecule has 0 N–H and O–H groups in total. The van der Waals surface area contributed by atoms with Gasteiger partial charge < -0.3 is 4.57 Å². The van der Waals surface area contributed by atoms with Crippen LogP contribution >= 0.6 is 35.0 Å². The molecule has 2 aromatic carbocycles. The van der Waals surface area contributed by atoms with Crippen molar-refractivity contribution < 1.29 is 4.79 Å². The Kier molecular flexibility index (Phi) is 5.23.